The van der Waals surface area contributed by atoms with Crippen LogP contribution in [0.1, 0.15) is 70.6 Å². The Morgan fingerprint density at radius 2 is 1.57 bits per heavy atom. The fourth-order valence-corrected chi connectivity index (χ4v) is 32.5. The summed E-state index contributed by atoms with van der Waals surface area (Å²) in [5.74, 6) is 0. The molecule has 1 atom stereocenters. The molecule has 0 fully saturated rings. The van der Waals surface area contributed by atoms with Crippen molar-refractivity contribution in [1.82, 2.24) is 0 Å². The molecule has 3 heterocycles. The van der Waals surface area contributed by atoms with E-state index in [9.17, 15) is 0 Å². The summed E-state index contributed by atoms with van der Waals surface area (Å²) in [6.07, 6.45) is 12.2. The second-order valence-electron chi connectivity index (χ2n) is 8.25. The summed E-state index contributed by atoms with van der Waals surface area (Å²) in [5.41, 5.74) is 1.56. The van der Waals surface area contributed by atoms with E-state index in [1.54, 1.807) is 23.8 Å². The number of hydrogen-bond donors (Lipinski definition) is 0. The van der Waals surface area contributed by atoms with Crippen molar-refractivity contribution in [1.29, 1.82) is 0 Å². The molecule has 1 aliphatic heterocycles. The van der Waals surface area contributed by atoms with Gasteiger partial charge in [0, 0.05) is 0 Å². The van der Waals surface area contributed by atoms with E-state index in [0.29, 0.717) is 2.76 Å². The molecule has 154 valence electrons. The predicted molar refractivity (Wildman–Crippen MR) is 136 cm³/mol. The number of thioether (sulfide) groups is 1. The summed E-state index contributed by atoms with van der Waals surface area (Å²) in [7, 11) is 0. The molecule has 2 aromatic heterocycles. The molecule has 28 heavy (non-hydrogen) atoms. The Labute approximate surface area is 189 Å². The van der Waals surface area contributed by atoms with Crippen LogP contribution in [0.15, 0.2) is 40.4 Å². The van der Waals surface area contributed by atoms with Crippen LogP contribution in [0.3, 0.4) is 0 Å². The Kier molecular flexibility index (Phi) is 9.07. The Hall–Kier alpha value is 0.289. The molecule has 0 saturated heterocycles. The molecule has 4 heteroatoms. The monoisotopic (exact) mass is 540 g/mol. The van der Waals surface area contributed by atoms with Crippen LogP contribution in [-0.2, 0) is 2.76 Å². The fraction of sp³-hybridized carbons (Fsp3) is 0.583. The zero-order valence-corrected chi connectivity index (χ0v) is 23.1. The molecule has 0 radical (unpaired) electrons. The van der Waals surface area contributed by atoms with Crippen molar-refractivity contribution >= 4 is 52.8 Å². The van der Waals surface area contributed by atoms with Gasteiger partial charge in [-0.1, -0.05) is 0 Å². The molecule has 1 unspecified atom stereocenters. The van der Waals surface area contributed by atoms with Gasteiger partial charge in [0.05, 0.1) is 0 Å². The number of allylic oxidation sites excluding steroid dienone is 1. The van der Waals surface area contributed by atoms with Crippen molar-refractivity contribution in [3.63, 3.8) is 0 Å². The number of thiophene rings is 2. The molecule has 0 spiro atoms. The third-order valence-corrected chi connectivity index (χ3v) is 31.5. The topological polar surface area (TPSA) is 0 Å². The van der Waals surface area contributed by atoms with Gasteiger partial charge in [0.1, 0.15) is 0 Å². The minimum absolute atomic E-state index is 0.432. The van der Waals surface area contributed by atoms with Crippen molar-refractivity contribution in [2.75, 3.05) is 0 Å². The van der Waals surface area contributed by atoms with E-state index < -0.39 is 18.4 Å². The molecular weight excluding hydrogens is 503 g/mol. The summed E-state index contributed by atoms with van der Waals surface area (Å²) in [5, 5.41) is 7.08. The SMILES string of the molecule is CCC[CH2][Sn]([CH2]CCC)([CH2]CCC)[C]1(c2sccc2-c2cccs2)CC=CS1. The molecule has 0 nitrogen and oxygen atoms in total. The first-order valence-corrected chi connectivity index (χ1v) is 21.3. The van der Waals surface area contributed by atoms with Crippen molar-refractivity contribution in [3.8, 4) is 10.4 Å². The van der Waals surface area contributed by atoms with E-state index in [1.165, 1.54) is 49.8 Å². The molecule has 2 aromatic rings. The van der Waals surface area contributed by atoms with Gasteiger partial charge < -0.3 is 0 Å². The van der Waals surface area contributed by atoms with Crippen LogP contribution in [0.4, 0.5) is 0 Å². The average molecular weight is 539 g/mol. The van der Waals surface area contributed by atoms with Gasteiger partial charge >= 0.3 is 190 Å². The standard InChI is InChI=1S/C12H9S3.3C4H9.Sn/c1-3-10(13-6-1)9-5-8-15-12(9)11-4-2-7-14-11;3*1-3-4-2;/h1-3,5-8H,4H2;3*1,3-4H2,2H3;. The quantitative estimate of drug-likeness (QED) is 0.242. The van der Waals surface area contributed by atoms with Crippen LogP contribution >= 0.6 is 34.4 Å². The van der Waals surface area contributed by atoms with Crippen LogP contribution in [-0.4, -0.2) is 18.4 Å². The van der Waals surface area contributed by atoms with Gasteiger partial charge in [0.25, 0.3) is 0 Å². The second kappa shape index (κ2) is 11.1. The number of hydrogen-bond acceptors (Lipinski definition) is 3. The van der Waals surface area contributed by atoms with Crippen LogP contribution < -0.4 is 0 Å². The van der Waals surface area contributed by atoms with Gasteiger partial charge in [0.15, 0.2) is 0 Å². The Bertz CT molecular complexity index is 699. The fourth-order valence-electron chi connectivity index (χ4n) is 4.93. The summed E-state index contributed by atoms with van der Waals surface area (Å²) in [4.78, 5) is 3.22. The zero-order chi connectivity index (χ0) is 19.9. The minimum atomic E-state index is -2.49. The molecular formula is C24H36S3Sn. The van der Waals surface area contributed by atoms with Crippen LogP contribution in [0.2, 0.25) is 13.3 Å². The first-order chi connectivity index (χ1) is 13.7. The van der Waals surface area contributed by atoms with E-state index in [1.807, 2.05) is 11.3 Å². The van der Waals surface area contributed by atoms with Gasteiger partial charge in [-0.3, -0.25) is 0 Å². The molecule has 0 bridgehead atoms. The maximum absolute atomic E-state index is 2.51. The normalized spacial score (nSPS) is 19.5. The van der Waals surface area contributed by atoms with E-state index >= 15 is 0 Å². The van der Waals surface area contributed by atoms with Gasteiger partial charge in [-0.2, -0.15) is 0 Å². The van der Waals surface area contributed by atoms with Crippen molar-refractivity contribution in [2.24, 2.45) is 0 Å². The van der Waals surface area contributed by atoms with Gasteiger partial charge in [0.2, 0.25) is 0 Å². The molecule has 0 saturated carbocycles. The van der Waals surface area contributed by atoms with E-state index in [-0.39, 0.29) is 0 Å². The third-order valence-electron chi connectivity index (χ3n) is 6.47. The van der Waals surface area contributed by atoms with Gasteiger partial charge in [-0.05, 0) is 0 Å². The molecule has 0 aliphatic carbocycles. The van der Waals surface area contributed by atoms with Gasteiger partial charge in [-0.15, -0.1) is 0 Å². The van der Waals surface area contributed by atoms with Crippen molar-refractivity contribution in [3.05, 3.63) is 45.3 Å². The van der Waals surface area contributed by atoms with Crippen LogP contribution in [0, 0.1) is 0 Å². The summed E-state index contributed by atoms with van der Waals surface area (Å²) in [6.45, 7) is 7.18. The van der Waals surface area contributed by atoms with Crippen LogP contribution in [0.5, 0.6) is 0 Å². The molecule has 0 N–H and O–H groups in total. The summed E-state index contributed by atoms with van der Waals surface area (Å²) < 4.78 is 5.19. The van der Waals surface area contributed by atoms with E-state index in [4.69, 9.17) is 0 Å². The van der Waals surface area contributed by atoms with Crippen molar-refractivity contribution in [2.45, 2.75) is 81.8 Å². The van der Waals surface area contributed by atoms with Crippen molar-refractivity contribution < 1.29 is 0 Å². The first-order valence-electron chi connectivity index (χ1n) is 11.2. The Morgan fingerprint density at radius 3 is 2.07 bits per heavy atom. The molecule has 3 rings (SSSR count). The van der Waals surface area contributed by atoms with E-state index in [2.05, 4.69) is 84.3 Å². The zero-order valence-electron chi connectivity index (χ0n) is 17.8. The second-order valence-corrected chi connectivity index (χ2v) is 26.4. The summed E-state index contributed by atoms with van der Waals surface area (Å²) >= 11 is 3.74. The molecule has 0 amide bonds. The maximum atomic E-state index is 2.51. The Morgan fingerprint density at radius 1 is 0.893 bits per heavy atom. The van der Waals surface area contributed by atoms with Crippen LogP contribution in [0.25, 0.3) is 10.4 Å². The number of unbranched alkanes of at least 4 members (excludes halogenated alkanes) is 3. The van der Waals surface area contributed by atoms with E-state index in [0.717, 1.165) is 0 Å². The number of rotatable bonds is 12. The summed E-state index contributed by atoms with van der Waals surface area (Å²) in [6, 6.07) is 6.97. The molecule has 0 aromatic carbocycles. The molecule has 1 aliphatic rings. The third kappa shape index (κ3) is 4.63. The first kappa shape index (κ1) is 23.0. The Balaban J connectivity index is 2.11. The average Bonchev–Trinajstić information content (AvgIpc) is 3.48. The predicted octanol–water partition coefficient (Wildman–Crippen LogP) is 9.71. The van der Waals surface area contributed by atoms with Gasteiger partial charge in [-0.25, -0.2) is 0 Å².